The van der Waals surface area contributed by atoms with Crippen LogP contribution in [0.3, 0.4) is 0 Å². The van der Waals surface area contributed by atoms with E-state index < -0.39 is 10.7 Å². The van der Waals surface area contributed by atoms with Crippen molar-refractivity contribution in [1.82, 2.24) is 0 Å². The van der Waals surface area contributed by atoms with E-state index in [2.05, 4.69) is 21.2 Å². The van der Waals surface area contributed by atoms with E-state index in [1.54, 1.807) is 18.2 Å². The standard InChI is InChI=1S/C13H9BrClFN2O2/c14-11-6-10(18(19)20)3-4-13(11)17-7-8-1-2-9(15)5-12(8)16/h1-6,17H,7H2. The minimum absolute atomic E-state index is 0.0138. The molecule has 0 saturated carbocycles. The van der Waals surface area contributed by atoms with E-state index in [1.807, 2.05) is 0 Å². The van der Waals surface area contributed by atoms with Crippen LogP contribution in [0, 0.1) is 15.9 Å². The predicted octanol–water partition coefficient (Wildman–Crippen LogP) is 4.76. The summed E-state index contributed by atoms with van der Waals surface area (Å²) in [6.45, 7) is 0.249. The highest BCUT2D eigenvalue weighted by molar-refractivity contribution is 9.10. The van der Waals surface area contributed by atoms with Crippen LogP contribution in [0.15, 0.2) is 40.9 Å². The molecule has 0 aromatic heterocycles. The summed E-state index contributed by atoms with van der Waals surface area (Å²) in [7, 11) is 0. The van der Waals surface area contributed by atoms with Gasteiger partial charge in [0.15, 0.2) is 0 Å². The third-order valence-electron chi connectivity index (χ3n) is 2.65. The highest BCUT2D eigenvalue weighted by Crippen LogP contribution is 2.27. The first-order chi connectivity index (χ1) is 9.47. The first kappa shape index (κ1) is 14.7. The second kappa shape index (κ2) is 6.19. The van der Waals surface area contributed by atoms with Crippen molar-refractivity contribution in [2.45, 2.75) is 6.54 Å². The normalized spacial score (nSPS) is 10.3. The summed E-state index contributed by atoms with van der Waals surface area (Å²) in [4.78, 5) is 10.1. The summed E-state index contributed by atoms with van der Waals surface area (Å²) in [5.74, 6) is -0.400. The first-order valence-electron chi connectivity index (χ1n) is 5.59. The van der Waals surface area contributed by atoms with Gasteiger partial charge in [-0.05, 0) is 34.1 Å². The number of nitro benzene ring substituents is 1. The number of nitrogens with zero attached hydrogens (tertiary/aromatic N) is 1. The van der Waals surface area contributed by atoms with Crippen molar-refractivity contribution in [2.24, 2.45) is 0 Å². The maximum atomic E-state index is 13.6. The Morgan fingerprint density at radius 1 is 1.30 bits per heavy atom. The van der Waals surface area contributed by atoms with E-state index in [0.29, 0.717) is 20.7 Å². The molecule has 0 fully saturated rings. The molecular formula is C13H9BrClFN2O2. The summed E-state index contributed by atoms with van der Waals surface area (Å²) in [5, 5.41) is 14.0. The molecule has 0 saturated heterocycles. The molecule has 0 spiro atoms. The van der Waals surface area contributed by atoms with E-state index >= 15 is 0 Å². The molecule has 2 aromatic carbocycles. The summed E-state index contributed by atoms with van der Waals surface area (Å²) in [6.07, 6.45) is 0. The molecule has 20 heavy (non-hydrogen) atoms. The number of hydrogen-bond acceptors (Lipinski definition) is 3. The summed E-state index contributed by atoms with van der Waals surface area (Å²) < 4.78 is 14.1. The van der Waals surface area contributed by atoms with Gasteiger partial charge in [0.25, 0.3) is 5.69 Å². The maximum absolute atomic E-state index is 13.6. The molecule has 0 heterocycles. The summed E-state index contributed by atoms with van der Waals surface area (Å²) in [5.41, 5.74) is 1.09. The van der Waals surface area contributed by atoms with E-state index in [4.69, 9.17) is 11.6 Å². The van der Waals surface area contributed by atoms with Gasteiger partial charge in [0.1, 0.15) is 5.82 Å². The van der Waals surface area contributed by atoms with Crippen LogP contribution < -0.4 is 5.32 Å². The molecule has 104 valence electrons. The van der Waals surface area contributed by atoms with Crippen LogP contribution >= 0.6 is 27.5 Å². The lowest BCUT2D eigenvalue weighted by Crippen LogP contribution is -2.02. The van der Waals surface area contributed by atoms with Crippen molar-refractivity contribution in [3.05, 3.63) is 67.4 Å². The van der Waals surface area contributed by atoms with Crippen LogP contribution in [-0.2, 0) is 6.54 Å². The van der Waals surface area contributed by atoms with Crippen molar-refractivity contribution in [2.75, 3.05) is 5.32 Å². The molecule has 0 radical (unpaired) electrons. The minimum Gasteiger partial charge on any atom is -0.380 e. The van der Waals surface area contributed by atoms with Gasteiger partial charge in [0.2, 0.25) is 0 Å². The molecule has 0 aliphatic rings. The van der Waals surface area contributed by atoms with E-state index in [0.717, 1.165) is 0 Å². The highest BCUT2D eigenvalue weighted by atomic mass is 79.9. The lowest BCUT2D eigenvalue weighted by Gasteiger charge is -2.09. The van der Waals surface area contributed by atoms with Gasteiger partial charge in [-0.3, -0.25) is 10.1 Å². The van der Waals surface area contributed by atoms with Crippen LogP contribution in [0.2, 0.25) is 5.02 Å². The lowest BCUT2D eigenvalue weighted by molar-refractivity contribution is -0.384. The van der Waals surface area contributed by atoms with Crippen LogP contribution in [0.25, 0.3) is 0 Å². The molecule has 2 rings (SSSR count). The minimum atomic E-state index is -0.479. The average molecular weight is 360 g/mol. The number of halogens is 3. The SMILES string of the molecule is O=[N+]([O-])c1ccc(NCc2ccc(Cl)cc2F)c(Br)c1. The number of non-ortho nitro benzene ring substituents is 1. The number of hydrogen-bond donors (Lipinski definition) is 1. The molecule has 0 unspecified atom stereocenters. The average Bonchev–Trinajstić information content (AvgIpc) is 2.38. The fraction of sp³-hybridized carbons (Fsp3) is 0.0769. The Morgan fingerprint density at radius 3 is 2.65 bits per heavy atom. The van der Waals surface area contributed by atoms with Gasteiger partial charge in [-0.1, -0.05) is 17.7 Å². The number of benzene rings is 2. The van der Waals surface area contributed by atoms with Gasteiger partial charge in [0.05, 0.1) is 4.92 Å². The number of rotatable bonds is 4. The molecule has 7 heteroatoms. The van der Waals surface area contributed by atoms with Crippen LogP contribution in [0.4, 0.5) is 15.8 Å². The number of anilines is 1. The highest BCUT2D eigenvalue weighted by Gasteiger charge is 2.09. The third-order valence-corrected chi connectivity index (χ3v) is 3.54. The third kappa shape index (κ3) is 3.46. The van der Waals surface area contributed by atoms with Crippen LogP contribution in [0.1, 0.15) is 5.56 Å². The van der Waals surface area contributed by atoms with Gasteiger partial charge in [-0.25, -0.2) is 4.39 Å². The van der Waals surface area contributed by atoms with Gasteiger partial charge >= 0.3 is 0 Å². The van der Waals surface area contributed by atoms with Gasteiger partial charge in [-0.15, -0.1) is 0 Å². The Morgan fingerprint density at radius 2 is 2.05 bits per heavy atom. The quantitative estimate of drug-likeness (QED) is 0.632. The molecule has 0 amide bonds. The molecule has 2 aromatic rings. The molecule has 1 N–H and O–H groups in total. The van der Waals surface area contributed by atoms with Crippen molar-refractivity contribution >= 4 is 38.9 Å². The van der Waals surface area contributed by atoms with Crippen LogP contribution in [-0.4, -0.2) is 4.92 Å². The Balaban J connectivity index is 2.13. The van der Waals surface area contributed by atoms with Gasteiger partial charge in [-0.2, -0.15) is 0 Å². The topological polar surface area (TPSA) is 55.2 Å². The van der Waals surface area contributed by atoms with Crippen LogP contribution in [0.5, 0.6) is 0 Å². The monoisotopic (exact) mass is 358 g/mol. The van der Waals surface area contributed by atoms with E-state index in [-0.39, 0.29) is 12.2 Å². The molecule has 4 nitrogen and oxygen atoms in total. The van der Waals surface area contributed by atoms with E-state index in [9.17, 15) is 14.5 Å². The predicted molar refractivity (Wildman–Crippen MR) is 79.5 cm³/mol. The van der Waals surface area contributed by atoms with Gasteiger partial charge < -0.3 is 5.32 Å². The molecule has 0 bridgehead atoms. The van der Waals surface area contributed by atoms with Crippen molar-refractivity contribution in [1.29, 1.82) is 0 Å². The molecule has 0 atom stereocenters. The maximum Gasteiger partial charge on any atom is 0.270 e. The zero-order chi connectivity index (χ0) is 14.7. The van der Waals surface area contributed by atoms with E-state index in [1.165, 1.54) is 18.2 Å². The number of nitro groups is 1. The zero-order valence-corrected chi connectivity index (χ0v) is 12.4. The fourth-order valence-electron chi connectivity index (χ4n) is 1.62. The molecular weight excluding hydrogens is 351 g/mol. The fourth-order valence-corrected chi connectivity index (χ4v) is 2.28. The van der Waals surface area contributed by atoms with Crippen molar-refractivity contribution in [3.8, 4) is 0 Å². The smallest absolute Gasteiger partial charge is 0.270 e. The Labute approximate surface area is 127 Å². The second-order valence-corrected chi connectivity index (χ2v) is 5.30. The van der Waals surface area contributed by atoms with Crippen molar-refractivity contribution in [3.63, 3.8) is 0 Å². The Bertz CT molecular complexity index is 667. The van der Waals surface area contributed by atoms with Crippen molar-refractivity contribution < 1.29 is 9.31 Å². The summed E-state index contributed by atoms with van der Waals surface area (Å²) in [6, 6.07) is 8.77. The Hall–Kier alpha value is -1.66. The largest absolute Gasteiger partial charge is 0.380 e. The summed E-state index contributed by atoms with van der Waals surface area (Å²) >= 11 is 8.91. The Kier molecular flexibility index (Phi) is 4.57. The number of nitrogens with one attached hydrogen (secondary N) is 1. The molecule has 0 aliphatic heterocycles. The zero-order valence-electron chi connectivity index (χ0n) is 10.1. The first-order valence-corrected chi connectivity index (χ1v) is 6.76. The van der Waals surface area contributed by atoms with Gasteiger partial charge in [0, 0.05) is 39.4 Å². The molecule has 0 aliphatic carbocycles. The lowest BCUT2D eigenvalue weighted by atomic mass is 10.2. The second-order valence-electron chi connectivity index (χ2n) is 4.01.